The lowest BCUT2D eigenvalue weighted by Gasteiger charge is -2.09. The van der Waals surface area contributed by atoms with Crippen molar-refractivity contribution in [3.05, 3.63) is 59.1 Å². The third-order valence-electron chi connectivity index (χ3n) is 3.27. The van der Waals surface area contributed by atoms with Gasteiger partial charge in [0, 0.05) is 5.56 Å². The van der Waals surface area contributed by atoms with E-state index in [-0.39, 0.29) is 5.95 Å². The van der Waals surface area contributed by atoms with Gasteiger partial charge in [-0.15, -0.1) is 5.10 Å². The Morgan fingerprint density at radius 2 is 1.91 bits per heavy atom. The molecule has 0 bridgehead atoms. The number of amides is 2. The smallest absolute Gasteiger partial charge is 0.319 e. The van der Waals surface area contributed by atoms with Crippen LogP contribution in [0.2, 0.25) is 5.02 Å². The quantitative estimate of drug-likeness (QED) is 0.773. The first kappa shape index (κ1) is 15.1. The van der Waals surface area contributed by atoms with Gasteiger partial charge in [0.15, 0.2) is 5.82 Å². The largest absolute Gasteiger partial charge is 0.351 e. The summed E-state index contributed by atoms with van der Waals surface area (Å²) < 4.78 is 1.59. The highest BCUT2D eigenvalue weighted by Gasteiger charge is 2.16. The van der Waals surface area contributed by atoms with Crippen LogP contribution in [0, 0.1) is 6.92 Å². The molecule has 0 saturated carbocycles. The molecular weight excluding hydrogens is 314 g/mol. The molecule has 3 rings (SSSR count). The van der Waals surface area contributed by atoms with E-state index in [2.05, 4.69) is 15.4 Å². The fourth-order valence-electron chi connectivity index (χ4n) is 2.21. The Morgan fingerprint density at radius 1 is 1.17 bits per heavy atom. The summed E-state index contributed by atoms with van der Waals surface area (Å²) in [6.45, 7) is 1.91. The minimum Gasteiger partial charge on any atom is -0.351 e. The summed E-state index contributed by atoms with van der Waals surface area (Å²) in [6, 6.07) is 14.4. The van der Waals surface area contributed by atoms with Crippen LogP contribution in [0.5, 0.6) is 0 Å². The number of hydrogen-bond acceptors (Lipinski definition) is 3. The van der Waals surface area contributed by atoms with Gasteiger partial charge in [0.05, 0.1) is 10.7 Å². The molecule has 23 heavy (non-hydrogen) atoms. The molecule has 0 atom stereocenters. The Hall–Kier alpha value is -2.86. The van der Waals surface area contributed by atoms with Crippen LogP contribution in [0.4, 0.5) is 10.7 Å². The number of urea groups is 1. The van der Waals surface area contributed by atoms with Gasteiger partial charge in [-0.05, 0) is 18.6 Å². The van der Waals surface area contributed by atoms with Crippen LogP contribution in [0.3, 0.4) is 0 Å². The van der Waals surface area contributed by atoms with E-state index in [1.54, 1.807) is 4.68 Å². The third-order valence-corrected chi connectivity index (χ3v) is 3.77. The van der Waals surface area contributed by atoms with Crippen molar-refractivity contribution >= 4 is 23.6 Å². The van der Waals surface area contributed by atoms with Crippen LogP contribution in [0.1, 0.15) is 5.56 Å². The normalized spacial score (nSPS) is 10.5. The second kappa shape index (κ2) is 6.10. The number of carbonyl (C=O) groups is 1. The highest BCUT2D eigenvalue weighted by atomic mass is 35.5. The summed E-state index contributed by atoms with van der Waals surface area (Å²) in [7, 11) is 0. The molecule has 6 nitrogen and oxygen atoms in total. The predicted octanol–water partition coefficient (Wildman–Crippen LogP) is 3.39. The number of carbonyl (C=O) groups excluding carboxylic acids is 1. The molecule has 0 saturated heterocycles. The number of nitrogens with two attached hydrogens (primary N) is 1. The van der Waals surface area contributed by atoms with Crippen LogP contribution >= 0.6 is 11.6 Å². The summed E-state index contributed by atoms with van der Waals surface area (Å²) >= 11 is 6.40. The fraction of sp³-hybridized carbons (Fsp3) is 0.0625. The number of rotatable bonds is 3. The van der Waals surface area contributed by atoms with Gasteiger partial charge in [0.1, 0.15) is 0 Å². The minimum absolute atomic E-state index is 0.119. The van der Waals surface area contributed by atoms with E-state index in [1.165, 1.54) is 0 Å². The zero-order chi connectivity index (χ0) is 16.4. The second-order valence-electron chi connectivity index (χ2n) is 4.93. The predicted molar refractivity (Wildman–Crippen MR) is 89.7 cm³/mol. The van der Waals surface area contributed by atoms with Crippen molar-refractivity contribution in [2.45, 2.75) is 6.92 Å². The number of hydrogen-bond donors (Lipinski definition) is 2. The molecule has 1 heterocycles. The molecule has 0 aliphatic carbocycles. The molecule has 0 aliphatic heterocycles. The Labute approximate surface area is 137 Å². The molecular formula is C16H14ClN5O. The first-order valence-corrected chi connectivity index (χ1v) is 7.28. The first-order chi connectivity index (χ1) is 11.1. The van der Waals surface area contributed by atoms with E-state index in [0.717, 1.165) is 11.1 Å². The van der Waals surface area contributed by atoms with Gasteiger partial charge in [-0.1, -0.05) is 54.1 Å². The molecule has 3 aromatic rings. The molecule has 3 N–H and O–H groups in total. The molecule has 0 spiro atoms. The maximum atomic E-state index is 11.1. The van der Waals surface area contributed by atoms with Crippen molar-refractivity contribution in [2.24, 2.45) is 5.73 Å². The molecule has 0 unspecified atom stereocenters. The van der Waals surface area contributed by atoms with E-state index >= 15 is 0 Å². The zero-order valence-electron chi connectivity index (χ0n) is 12.3. The molecule has 0 radical (unpaired) electrons. The Morgan fingerprint density at radius 3 is 2.61 bits per heavy atom. The average Bonchev–Trinajstić information content (AvgIpc) is 2.93. The lowest BCUT2D eigenvalue weighted by molar-refractivity contribution is 0.259. The Balaban J connectivity index is 2.20. The topological polar surface area (TPSA) is 85.8 Å². The third kappa shape index (κ3) is 3.02. The lowest BCUT2D eigenvalue weighted by atomic mass is 10.2. The number of aryl methyl sites for hydroxylation is 1. The maximum absolute atomic E-state index is 11.1. The molecule has 2 amide bonds. The maximum Gasteiger partial charge on any atom is 0.319 e. The van der Waals surface area contributed by atoms with Gasteiger partial charge >= 0.3 is 6.03 Å². The number of nitrogens with one attached hydrogen (secondary N) is 1. The first-order valence-electron chi connectivity index (χ1n) is 6.90. The van der Waals surface area contributed by atoms with E-state index in [1.807, 2.05) is 55.5 Å². The highest BCUT2D eigenvalue weighted by molar-refractivity contribution is 6.33. The van der Waals surface area contributed by atoms with E-state index < -0.39 is 6.03 Å². The van der Waals surface area contributed by atoms with Crippen LogP contribution in [0.15, 0.2) is 48.5 Å². The lowest BCUT2D eigenvalue weighted by Crippen LogP contribution is -2.20. The van der Waals surface area contributed by atoms with Crippen LogP contribution < -0.4 is 11.1 Å². The zero-order valence-corrected chi connectivity index (χ0v) is 13.1. The summed E-state index contributed by atoms with van der Waals surface area (Å²) in [5, 5.41) is 7.27. The van der Waals surface area contributed by atoms with Gasteiger partial charge in [-0.2, -0.15) is 4.98 Å². The van der Waals surface area contributed by atoms with E-state index in [4.69, 9.17) is 17.3 Å². The van der Waals surface area contributed by atoms with Gasteiger partial charge in [0.25, 0.3) is 5.95 Å². The summed E-state index contributed by atoms with van der Waals surface area (Å²) in [4.78, 5) is 15.4. The highest BCUT2D eigenvalue weighted by Crippen LogP contribution is 2.28. The molecule has 116 valence electrons. The number of aromatic nitrogens is 3. The number of nitrogens with zero attached hydrogens (tertiary/aromatic N) is 3. The number of primary amides is 1. The average molecular weight is 328 g/mol. The van der Waals surface area contributed by atoms with E-state index in [9.17, 15) is 4.79 Å². The van der Waals surface area contributed by atoms with Gasteiger partial charge < -0.3 is 5.73 Å². The summed E-state index contributed by atoms with van der Waals surface area (Å²) in [5.41, 5.74) is 7.59. The summed E-state index contributed by atoms with van der Waals surface area (Å²) in [6.07, 6.45) is 0. The number of benzene rings is 2. The van der Waals surface area contributed by atoms with Crippen molar-refractivity contribution in [2.75, 3.05) is 5.32 Å². The fourth-order valence-corrected chi connectivity index (χ4v) is 2.42. The van der Waals surface area contributed by atoms with Crippen molar-refractivity contribution in [1.82, 2.24) is 14.8 Å². The number of anilines is 1. The van der Waals surface area contributed by atoms with Crippen molar-refractivity contribution in [3.8, 4) is 17.1 Å². The summed E-state index contributed by atoms with van der Waals surface area (Å²) in [5.74, 6) is 0.677. The standard InChI is InChI=1S/C16H14ClN5O/c1-10-6-5-9-12(13(10)17)22-14(11-7-3-2-4-8-11)19-16(21-22)20-15(18)23/h2-9H,1H3,(H3,18,20,21,23). The van der Waals surface area contributed by atoms with Crippen molar-refractivity contribution < 1.29 is 4.79 Å². The van der Waals surface area contributed by atoms with Gasteiger partial charge in [-0.25, -0.2) is 9.48 Å². The Kier molecular flexibility index (Phi) is 3.99. The van der Waals surface area contributed by atoms with Gasteiger partial charge in [-0.3, -0.25) is 5.32 Å². The Bertz CT molecular complexity index is 860. The molecule has 0 aliphatic rings. The van der Waals surface area contributed by atoms with Crippen molar-refractivity contribution in [3.63, 3.8) is 0 Å². The number of halogens is 1. The second-order valence-corrected chi connectivity index (χ2v) is 5.31. The molecule has 0 fully saturated rings. The molecule has 1 aromatic heterocycles. The van der Waals surface area contributed by atoms with E-state index in [0.29, 0.717) is 16.5 Å². The van der Waals surface area contributed by atoms with Crippen LogP contribution in [0.25, 0.3) is 17.1 Å². The van der Waals surface area contributed by atoms with Crippen molar-refractivity contribution in [1.29, 1.82) is 0 Å². The van der Waals surface area contributed by atoms with Crippen LogP contribution in [-0.4, -0.2) is 20.8 Å². The monoisotopic (exact) mass is 327 g/mol. The van der Waals surface area contributed by atoms with Gasteiger partial charge in [0.2, 0.25) is 0 Å². The van der Waals surface area contributed by atoms with Crippen LogP contribution in [-0.2, 0) is 0 Å². The molecule has 2 aromatic carbocycles. The molecule has 7 heteroatoms. The SMILES string of the molecule is Cc1cccc(-n2nc(NC(N)=O)nc2-c2ccccc2)c1Cl. The minimum atomic E-state index is -0.725.